The van der Waals surface area contributed by atoms with Crippen LogP contribution in [0.4, 0.5) is 0 Å². The molecule has 3 N–H and O–H groups in total. The van der Waals surface area contributed by atoms with Crippen LogP contribution in [0.5, 0.6) is 0 Å². The van der Waals surface area contributed by atoms with Crippen molar-refractivity contribution in [3.63, 3.8) is 0 Å². The molecule has 0 fully saturated rings. The van der Waals surface area contributed by atoms with E-state index in [4.69, 9.17) is 5.26 Å². The molecule has 1 aliphatic rings. The Morgan fingerprint density at radius 2 is 2.16 bits per heavy atom. The minimum Gasteiger partial charge on any atom is -0.390 e. The van der Waals surface area contributed by atoms with E-state index in [1.165, 1.54) is 11.3 Å². The third kappa shape index (κ3) is 2.32. The van der Waals surface area contributed by atoms with Gasteiger partial charge in [-0.2, -0.15) is 5.26 Å². The van der Waals surface area contributed by atoms with Gasteiger partial charge in [0, 0.05) is 9.75 Å². The average molecular weight is 284 g/mol. The fourth-order valence-corrected chi connectivity index (χ4v) is 3.86. The van der Waals surface area contributed by atoms with Crippen molar-refractivity contribution in [1.29, 1.82) is 0 Å². The van der Waals surface area contributed by atoms with Crippen molar-refractivity contribution in [1.82, 2.24) is 0 Å². The molecule has 0 bridgehead atoms. The van der Waals surface area contributed by atoms with E-state index in [2.05, 4.69) is 4.89 Å². The van der Waals surface area contributed by atoms with Crippen LogP contribution >= 0.6 is 11.3 Å². The third-order valence-corrected chi connectivity index (χ3v) is 4.75. The highest BCUT2D eigenvalue weighted by Gasteiger charge is 2.40. The van der Waals surface area contributed by atoms with Gasteiger partial charge in [0.2, 0.25) is 0 Å². The van der Waals surface area contributed by atoms with E-state index in [1.54, 1.807) is 0 Å². The van der Waals surface area contributed by atoms with Crippen molar-refractivity contribution in [3.8, 4) is 0 Å². The van der Waals surface area contributed by atoms with Gasteiger partial charge in [0.05, 0.1) is 12.0 Å². The molecule has 6 heteroatoms. The van der Waals surface area contributed by atoms with Gasteiger partial charge in [-0.05, 0) is 37.5 Å². The van der Waals surface area contributed by atoms with E-state index in [9.17, 15) is 15.0 Å². The number of carbonyl (C=O) groups is 1. The van der Waals surface area contributed by atoms with E-state index in [0.717, 1.165) is 10.4 Å². The molecule has 0 saturated heterocycles. The summed E-state index contributed by atoms with van der Waals surface area (Å²) in [7, 11) is 0. The lowest BCUT2D eigenvalue weighted by molar-refractivity contribution is -0.237. The van der Waals surface area contributed by atoms with Crippen molar-refractivity contribution in [3.05, 3.63) is 27.0 Å². The highest BCUT2D eigenvalue weighted by molar-refractivity contribution is 7.13. The minimum absolute atomic E-state index is 0.0421. The molecule has 0 aliphatic heterocycles. The predicted octanol–water partition coefficient (Wildman–Crippen LogP) is 1.99. The molecular formula is C13H16O5S. The highest BCUT2D eigenvalue weighted by Crippen LogP contribution is 2.45. The number of allylic oxidation sites excluding steroid dienone is 1. The van der Waals surface area contributed by atoms with Crippen LogP contribution in [0.15, 0.2) is 6.08 Å². The van der Waals surface area contributed by atoms with Crippen LogP contribution in [0.25, 0.3) is 6.08 Å². The second-order valence-electron chi connectivity index (χ2n) is 4.58. The smallest absolute Gasteiger partial charge is 0.349 e. The normalized spacial score (nSPS) is 26.5. The molecule has 104 valence electrons. The summed E-state index contributed by atoms with van der Waals surface area (Å²) in [5.41, 5.74) is 1.54. The SMILES string of the molecule is CC=Cc1sc2c(c1C)[C@H](C(=O)OO)C[C@@H](O)[C@@H]2O. The fourth-order valence-electron chi connectivity index (χ4n) is 2.47. The first-order chi connectivity index (χ1) is 9.01. The number of thiophene rings is 1. The summed E-state index contributed by atoms with van der Waals surface area (Å²) in [6, 6.07) is 0. The lowest BCUT2D eigenvalue weighted by Crippen LogP contribution is -2.31. The van der Waals surface area contributed by atoms with E-state index >= 15 is 0 Å². The molecule has 1 aromatic heterocycles. The van der Waals surface area contributed by atoms with Gasteiger partial charge in [-0.1, -0.05) is 6.08 Å². The fraction of sp³-hybridized carbons (Fsp3) is 0.462. The molecule has 0 spiro atoms. The Hall–Kier alpha value is -1.21. The number of aliphatic hydroxyl groups excluding tert-OH is 2. The Morgan fingerprint density at radius 3 is 2.74 bits per heavy atom. The first kappa shape index (κ1) is 14.2. The van der Waals surface area contributed by atoms with Crippen LogP contribution in [0.1, 0.15) is 46.2 Å². The first-order valence-corrected chi connectivity index (χ1v) is 6.80. The molecule has 3 atom stereocenters. The summed E-state index contributed by atoms with van der Waals surface area (Å²) in [5.74, 6) is -1.55. The zero-order valence-electron chi connectivity index (χ0n) is 10.7. The number of carbonyl (C=O) groups excluding carboxylic acids is 1. The maximum atomic E-state index is 11.6. The highest BCUT2D eigenvalue weighted by atomic mass is 32.1. The molecule has 19 heavy (non-hydrogen) atoms. The average Bonchev–Trinajstić information content (AvgIpc) is 2.72. The van der Waals surface area contributed by atoms with Crippen molar-refractivity contribution in [2.24, 2.45) is 0 Å². The van der Waals surface area contributed by atoms with E-state index in [0.29, 0.717) is 10.4 Å². The van der Waals surface area contributed by atoms with Crippen LogP contribution in [0, 0.1) is 6.92 Å². The van der Waals surface area contributed by atoms with E-state index < -0.39 is 24.1 Å². The maximum Gasteiger partial charge on any atom is 0.349 e. The van der Waals surface area contributed by atoms with Crippen LogP contribution in [-0.4, -0.2) is 27.5 Å². The summed E-state index contributed by atoms with van der Waals surface area (Å²) in [5, 5.41) is 28.4. The van der Waals surface area contributed by atoms with Crippen molar-refractivity contribution in [2.45, 2.75) is 38.4 Å². The zero-order chi connectivity index (χ0) is 14.2. The molecule has 0 aromatic carbocycles. The van der Waals surface area contributed by atoms with E-state index in [1.807, 2.05) is 26.0 Å². The predicted molar refractivity (Wildman–Crippen MR) is 70.8 cm³/mol. The topological polar surface area (TPSA) is 87.0 Å². The van der Waals surface area contributed by atoms with Crippen LogP contribution in [-0.2, 0) is 9.68 Å². The van der Waals surface area contributed by atoms with E-state index in [-0.39, 0.29) is 6.42 Å². The summed E-state index contributed by atoms with van der Waals surface area (Å²) in [4.78, 5) is 16.9. The number of hydrogen-bond acceptors (Lipinski definition) is 6. The number of rotatable bonds is 2. The summed E-state index contributed by atoms with van der Waals surface area (Å²) < 4.78 is 0. The number of hydrogen-bond donors (Lipinski definition) is 3. The molecule has 0 amide bonds. The Balaban J connectivity index is 2.57. The van der Waals surface area contributed by atoms with Gasteiger partial charge >= 0.3 is 5.97 Å². The second kappa shape index (κ2) is 5.42. The maximum absolute atomic E-state index is 11.6. The molecule has 1 heterocycles. The molecule has 0 saturated carbocycles. The van der Waals surface area contributed by atoms with Gasteiger partial charge in [0.25, 0.3) is 0 Å². The molecule has 0 unspecified atom stereocenters. The zero-order valence-corrected chi connectivity index (χ0v) is 11.5. The molecular weight excluding hydrogens is 268 g/mol. The van der Waals surface area contributed by atoms with Gasteiger partial charge < -0.3 is 15.1 Å². The summed E-state index contributed by atoms with van der Waals surface area (Å²) >= 11 is 1.34. The van der Waals surface area contributed by atoms with Gasteiger partial charge in [-0.15, -0.1) is 11.3 Å². The Bertz CT molecular complexity index is 519. The second-order valence-corrected chi connectivity index (χ2v) is 5.66. The van der Waals surface area contributed by atoms with Crippen molar-refractivity contribution >= 4 is 23.4 Å². The molecule has 1 aliphatic carbocycles. The number of fused-ring (bicyclic) bond motifs is 1. The Morgan fingerprint density at radius 1 is 1.47 bits per heavy atom. The quantitative estimate of drug-likeness (QED) is 0.571. The monoisotopic (exact) mass is 284 g/mol. The van der Waals surface area contributed by atoms with Crippen LogP contribution in [0.3, 0.4) is 0 Å². The van der Waals surface area contributed by atoms with Crippen molar-refractivity contribution in [2.75, 3.05) is 0 Å². The molecule has 2 rings (SSSR count). The lowest BCUT2D eigenvalue weighted by Gasteiger charge is -2.28. The van der Waals surface area contributed by atoms with Gasteiger partial charge in [0.1, 0.15) is 6.10 Å². The minimum atomic E-state index is -1.03. The van der Waals surface area contributed by atoms with Crippen molar-refractivity contribution < 1.29 is 25.2 Å². The third-order valence-electron chi connectivity index (χ3n) is 3.41. The summed E-state index contributed by atoms with van der Waals surface area (Å²) in [6.45, 7) is 3.73. The Kier molecular flexibility index (Phi) is 4.05. The molecule has 1 aromatic rings. The van der Waals surface area contributed by atoms with Crippen LogP contribution in [0.2, 0.25) is 0 Å². The molecule has 5 nitrogen and oxygen atoms in total. The summed E-state index contributed by atoms with van der Waals surface area (Å²) in [6.07, 6.45) is 1.76. The largest absolute Gasteiger partial charge is 0.390 e. The number of aliphatic hydroxyl groups is 2. The first-order valence-electron chi connectivity index (χ1n) is 5.98. The standard InChI is InChI=1S/C13H16O5S/c1-3-4-9-6(2)10-7(13(16)18-17)5-8(14)11(15)12(10)19-9/h3-4,7-8,11,14-15,17H,5H2,1-2H3/t7-,8-,11+/m1/s1. The Labute approximate surface area is 114 Å². The molecule has 0 radical (unpaired) electrons. The van der Waals surface area contributed by atoms with Gasteiger partial charge in [0.15, 0.2) is 0 Å². The van der Waals surface area contributed by atoms with Gasteiger partial charge in [-0.3, -0.25) is 0 Å². The van der Waals surface area contributed by atoms with Gasteiger partial charge in [-0.25, -0.2) is 4.79 Å². The van der Waals surface area contributed by atoms with Crippen LogP contribution < -0.4 is 0 Å². The lowest BCUT2D eigenvalue weighted by atomic mass is 9.82.